The molecule has 0 bridgehead atoms. The number of aliphatic hydroxyl groups is 1. The van der Waals surface area contributed by atoms with Crippen molar-refractivity contribution in [1.82, 2.24) is 0 Å². The monoisotopic (exact) mass is 430 g/mol. The summed E-state index contributed by atoms with van der Waals surface area (Å²) in [5.74, 6) is -0.384. The summed E-state index contributed by atoms with van der Waals surface area (Å²) < 4.78 is 18.0. The maximum Gasteiger partial charge on any atom is 0.311 e. The molecule has 0 aliphatic carbocycles. The van der Waals surface area contributed by atoms with Gasteiger partial charge in [0, 0.05) is 4.90 Å². The number of rotatable bonds is 6. The van der Waals surface area contributed by atoms with E-state index in [4.69, 9.17) is 14.2 Å². The summed E-state index contributed by atoms with van der Waals surface area (Å²) in [5, 5.41) is 11.1. The molecule has 1 heterocycles. The molecule has 5 atom stereocenters. The average molecular weight is 431 g/mol. The standard InChI is InChI=1S/C24H30O5S/c1-16-20(27-15-17-11-7-5-8-12-17)19(25)21(29-23(26)24(2,3)4)22(28-16)30-18-13-9-6-10-14-18/h5-14,16,19-22,25H,15H2,1-4H3/t16-,19+,20-,21+,22-/m0/s1. The van der Waals surface area contributed by atoms with Crippen LogP contribution in [-0.4, -0.2) is 40.9 Å². The molecule has 2 aromatic carbocycles. The highest BCUT2D eigenvalue weighted by Gasteiger charge is 2.47. The minimum Gasteiger partial charge on any atom is -0.455 e. The molecule has 2 aromatic rings. The van der Waals surface area contributed by atoms with Crippen LogP contribution in [0, 0.1) is 5.41 Å². The molecule has 0 saturated carbocycles. The first kappa shape index (κ1) is 22.8. The highest BCUT2D eigenvalue weighted by Crippen LogP contribution is 2.36. The third kappa shape index (κ3) is 5.85. The maximum atomic E-state index is 12.6. The van der Waals surface area contributed by atoms with E-state index in [0.717, 1.165) is 10.5 Å². The predicted octanol–water partition coefficient (Wildman–Crippen LogP) is 4.43. The number of thioether (sulfide) groups is 1. The van der Waals surface area contributed by atoms with Crippen LogP contribution in [0.2, 0.25) is 0 Å². The highest BCUT2D eigenvalue weighted by molar-refractivity contribution is 7.99. The van der Waals surface area contributed by atoms with Crippen LogP contribution in [0.1, 0.15) is 33.3 Å². The van der Waals surface area contributed by atoms with Crippen molar-refractivity contribution >= 4 is 17.7 Å². The number of benzene rings is 2. The number of aliphatic hydroxyl groups excluding tert-OH is 1. The molecule has 3 rings (SSSR count). The Morgan fingerprint density at radius 1 is 1.03 bits per heavy atom. The molecule has 5 nitrogen and oxygen atoms in total. The molecule has 1 N–H and O–H groups in total. The number of carbonyl (C=O) groups is 1. The number of ether oxygens (including phenoxy) is 3. The first-order valence-corrected chi connectivity index (χ1v) is 11.1. The van der Waals surface area contributed by atoms with E-state index in [1.54, 1.807) is 20.8 Å². The van der Waals surface area contributed by atoms with E-state index in [0.29, 0.717) is 6.61 Å². The van der Waals surface area contributed by atoms with Gasteiger partial charge >= 0.3 is 5.97 Å². The molecule has 1 aliphatic heterocycles. The van der Waals surface area contributed by atoms with Crippen molar-refractivity contribution in [3.63, 3.8) is 0 Å². The minimum atomic E-state index is -1.01. The molecule has 1 saturated heterocycles. The molecule has 0 radical (unpaired) electrons. The van der Waals surface area contributed by atoms with Gasteiger partial charge in [-0.05, 0) is 45.4 Å². The highest BCUT2D eigenvalue weighted by atomic mass is 32.2. The fraction of sp³-hybridized carbons (Fsp3) is 0.458. The zero-order chi connectivity index (χ0) is 21.7. The Labute approximate surface area is 182 Å². The summed E-state index contributed by atoms with van der Waals surface area (Å²) in [6, 6.07) is 19.5. The molecule has 1 fully saturated rings. The van der Waals surface area contributed by atoms with E-state index in [2.05, 4.69) is 0 Å². The van der Waals surface area contributed by atoms with Gasteiger partial charge in [-0.25, -0.2) is 0 Å². The SMILES string of the molecule is C[C@@H]1O[C@@H](Sc2ccccc2)[C@H](OC(=O)C(C)(C)C)[C@H](O)[C@H]1OCc1ccccc1. The van der Waals surface area contributed by atoms with E-state index in [1.165, 1.54) is 11.8 Å². The largest absolute Gasteiger partial charge is 0.455 e. The molecule has 162 valence electrons. The van der Waals surface area contributed by atoms with Gasteiger partial charge in [0.05, 0.1) is 18.1 Å². The van der Waals surface area contributed by atoms with Crippen LogP contribution in [0.3, 0.4) is 0 Å². The normalized spacial score (nSPS) is 26.9. The fourth-order valence-electron chi connectivity index (χ4n) is 3.15. The lowest BCUT2D eigenvalue weighted by atomic mass is 9.96. The second-order valence-electron chi connectivity index (χ2n) is 8.51. The zero-order valence-corrected chi connectivity index (χ0v) is 18.7. The van der Waals surface area contributed by atoms with Gasteiger partial charge in [0.1, 0.15) is 17.6 Å². The first-order chi connectivity index (χ1) is 14.3. The van der Waals surface area contributed by atoms with Gasteiger partial charge in [-0.15, -0.1) is 0 Å². The number of esters is 1. The number of carbonyl (C=O) groups excluding carboxylic acids is 1. The average Bonchev–Trinajstić information content (AvgIpc) is 2.71. The van der Waals surface area contributed by atoms with Crippen molar-refractivity contribution in [3.8, 4) is 0 Å². The lowest BCUT2D eigenvalue weighted by Crippen LogP contribution is -2.58. The molecule has 0 amide bonds. The Balaban J connectivity index is 1.77. The molecule has 0 spiro atoms. The fourth-order valence-corrected chi connectivity index (χ4v) is 4.31. The third-order valence-electron chi connectivity index (χ3n) is 4.89. The summed E-state index contributed by atoms with van der Waals surface area (Å²) in [6.45, 7) is 7.58. The smallest absolute Gasteiger partial charge is 0.311 e. The predicted molar refractivity (Wildman–Crippen MR) is 117 cm³/mol. The van der Waals surface area contributed by atoms with E-state index >= 15 is 0 Å². The van der Waals surface area contributed by atoms with Crippen LogP contribution in [0.4, 0.5) is 0 Å². The van der Waals surface area contributed by atoms with Crippen LogP contribution in [-0.2, 0) is 25.6 Å². The summed E-state index contributed by atoms with van der Waals surface area (Å²) in [4.78, 5) is 13.6. The van der Waals surface area contributed by atoms with Gasteiger partial charge in [0.25, 0.3) is 0 Å². The summed E-state index contributed by atoms with van der Waals surface area (Å²) in [7, 11) is 0. The second kappa shape index (κ2) is 9.96. The lowest BCUT2D eigenvalue weighted by Gasteiger charge is -2.43. The van der Waals surface area contributed by atoms with Crippen molar-refractivity contribution in [1.29, 1.82) is 0 Å². The number of hydrogen-bond donors (Lipinski definition) is 1. The Kier molecular flexibility index (Phi) is 7.58. The molecule has 30 heavy (non-hydrogen) atoms. The Bertz CT molecular complexity index is 805. The topological polar surface area (TPSA) is 65.0 Å². The van der Waals surface area contributed by atoms with Crippen LogP contribution in [0.25, 0.3) is 0 Å². The van der Waals surface area contributed by atoms with Gasteiger partial charge in [0.2, 0.25) is 0 Å². The molecule has 6 heteroatoms. The molecular weight excluding hydrogens is 400 g/mol. The third-order valence-corrected chi connectivity index (χ3v) is 6.05. The van der Waals surface area contributed by atoms with Crippen molar-refractivity contribution in [2.45, 2.75) is 69.0 Å². The van der Waals surface area contributed by atoms with Gasteiger partial charge in [-0.3, -0.25) is 4.79 Å². The van der Waals surface area contributed by atoms with Gasteiger partial charge in [-0.2, -0.15) is 0 Å². The Morgan fingerprint density at radius 2 is 1.63 bits per heavy atom. The van der Waals surface area contributed by atoms with Crippen molar-refractivity contribution in [2.75, 3.05) is 0 Å². The van der Waals surface area contributed by atoms with Gasteiger partial charge in [0.15, 0.2) is 6.10 Å². The maximum absolute atomic E-state index is 12.6. The molecule has 0 unspecified atom stereocenters. The van der Waals surface area contributed by atoms with E-state index < -0.39 is 29.2 Å². The Morgan fingerprint density at radius 3 is 2.23 bits per heavy atom. The van der Waals surface area contributed by atoms with E-state index in [1.807, 2.05) is 67.6 Å². The van der Waals surface area contributed by atoms with E-state index in [9.17, 15) is 9.90 Å². The molecule has 1 aliphatic rings. The molecular formula is C24H30O5S. The van der Waals surface area contributed by atoms with Gasteiger partial charge < -0.3 is 19.3 Å². The van der Waals surface area contributed by atoms with Crippen molar-refractivity contribution in [3.05, 3.63) is 66.2 Å². The summed E-state index contributed by atoms with van der Waals surface area (Å²) in [6.07, 6.45) is -2.84. The quantitative estimate of drug-likeness (QED) is 0.684. The van der Waals surface area contributed by atoms with Crippen molar-refractivity contribution < 1.29 is 24.1 Å². The second-order valence-corrected chi connectivity index (χ2v) is 9.68. The van der Waals surface area contributed by atoms with Crippen LogP contribution in [0.15, 0.2) is 65.6 Å². The van der Waals surface area contributed by atoms with E-state index in [-0.39, 0.29) is 12.1 Å². The first-order valence-electron chi connectivity index (χ1n) is 10.2. The van der Waals surface area contributed by atoms with Crippen LogP contribution < -0.4 is 0 Å². The van der Waals surface area contributed by atoms with Crippen LogP contribution >= 0.6 is 11.8 Å². The van der Waals surface area contributed by atoms with Gasteiger partial charge in [-0.1, -0.05) is 60.3 Å². The molecule has 0 aromatic heterocycles. The number of hydrogen-bond acceptors (Lipinski definition) is 6. The zero-order valence-electron chi connectivity index (χ0n) is 17.9. The summed E-state index contributed by atoms with van der Waals surface area (Å²) in [5.41, 5.74) is -0.230. The van der Waals surface area contributed by atoms with Crippen molar-refractivity contribution in [2.24, 2.45) is 5.41 Å². The Hall–Kier alpha value is -1.86. The lowest BCUT2D eigenvalue weighted by molar-refractivity contribution is -0.227. The van der Waals surface area contributed by atoms with Crippen LogP contribution in [0.5, 0.6) is 0 Å². The summed E-state index contributed by atoms with van der Waals surface area (Å²) >= 11 is 1.43. The minimum absolute atomic E-state index is 0.340.